The van der Waals surface area contributed by atoms with Crippen molar-refractivity contribution in [3.05, 3.63) is 11.6 Å². The van der Waals surface area contributed by atoms with E-state index >= 15 is 0 Å². The van der Waals surface area contributed by atoms with Crippen LogP contribution in [0, 0.1) is 28.6 Å². The Morgan fingerprint density at radius 3 is 2.50 bits per heavy atom. The Hall–Kier alpha value is -1.85. The molecule has 28 heavy (non-hydrogen) atoms. The quantitative estimate of drug-likeness (QED) is 0.524. The summed E-state index contributed by atoms with van der Waals surface area (Å²) >= 11 is 0. The van der Waals surface area contributed by atoms with Crippen molar-refractivity contribution >= 4 is 17.6 Å². The summed E-state index contributed by atoms with van der Waals surface area (Å²) < 4.78 is 0. The van der Waals surface area contributed by atoms with Crippen LogP contribution in [0.25, 0.3) is 0 Å². The van der Waals surface area contributed by atoms with E-state index in [0.717, 1.165) is 31.4 Å². The predicted molar refractivity (Wildman–Crippen MR) is 110 cm³/mol. The van der Waals surface area contributed by atoms with E-state index in [0.29, 0.717) is 17.8 Å². The molecule has 3 fully saturated rings. The molecule has 154 valence electrons. The number of hydrogen-bond donors (Lipinski definition) is 0. The summed E-state index contributed by atoms with van der Waals surface area (Å²) in [6, 6.07) is 0. The Bertz CT molecular complexity index is 729. The highest BCUT2D eigenvalue weighted by Crippen LogP contribution is 2.64. The van der Waals surface area contributed by atoms with E-state index in [4.69, 9.17) is 14.5 Å². The van der Waals surface area contributed by atoms with Gasteiger partial charge in [0.15, 0.2) is 0 Å². The number of nitrogens with zero attached hydrogens (tertiary/aromatic N) is 3. The number of hydrogen-bond acceptors (Lipinski definition) is 6. The third-order valence-electron chi connectivity index (χ3n) is 8.12. The number of fused-ring (bicyclic) bond motifs is 5. The molecule has 0 bridgehead atoms. The zero-order chi connectivity index (χ0) is 19.8. The molecule has 0 aromatic rings. The van der Waals surface area contributed by atoms with Gasteiger partial charge in [-0.3, -0.25) is 0 Å². The largest absolute Gasteiger partial charge is 0.399 e. The first-order valence-corrected chi connectivity index (χ1v) is 10.6. The van der Waals surface area contributed by atoms with E-state index in [2.05, 4.69) is 34.7 Å². The maximum Gasteiger partial charge on any atom is 0.106 e. The van der Waals surface area contributed by atoms with Crippen molar-refractivity contribution in [1.29, 1.82) is 0 Å². The molecule has 0 aromatic heterocycles. The van der Waals surface area contributed by atoms with Crippen molar-refractivity contribution in [2.75, 3.05) is 21.3 Å². The molecule has 4 aliphatic carbocycles. The maximum absolute atomic E-state index is 5.19. The Labute approximate surface area is 168 Å². The van der Waals surface area contributed by atoms with Gasteiger partial charge in [-0.05, 0) is 75.2 Å². The summed E-state index contributed by atoms with van der Waals surface area (Å²) in [5, 5.41) is 12.9. The molecule has 0 amide bonds. The fourth-order valence-corrected chi connectivity index (χ4v) is 6.91. The van der Waals surface area contributed by atoms with Gasteiger partial charge in [-0.15, -0.1) is 0 Å². The molecule has 4 aliphatic rings. The van der Waals surface area contributed by atoms with Crippen LogP contribution >= 0.6 is 0 Å². The predicted octanol–water partition coefficient (Wildman–Crippen LogP) is 4.57. The van der Waals surface area contributed by atoms with Gasteiger partial charge in [0.1, 0.15) is 21.3 Å². The Balaban J connectivity index is 1.71. The zero-order valence-corrected chi connectivity index (χ0v) is 17.6. The van der Waals surface area contributed by atoms with Crippen LogP contribution in [-0.4, -0.2) is 39.0 Å². The van der Waals surface area contributed by atoms with E-state index in [1.807, 2.05) is 0 Å². The second-order valence-corrected chi connectivity index (χ2v) is 9.02. The van der Waals surface area contributed by atoms with Crippen LogP contribution < -0.4 is 0 Å². The van der Waals surface area contributed by atoms with Crippen molar-refractivity contribution in [2.24, 2.45) is 44.1 Å². The molecular weight excluding hydrogens is 354 g/mol. The molecule has 6 nitrogen and oxygen atoms in total. The van der Waals surface area contributed by atoms with Gasteiger partial charge in [-0.1, -0.05) is 28.0 Å². The molecule has 6 heteroatoms. The molecule has 3 saturated carbocycles. The highest BCUT2D eigenvalue weighted by molar-refractivity contribution is 5.98. The summed E-state index contributed by atoms with van der Waals surface area (Å²) in [4.78, 5) is 15.4. The minimum Gasteiger partial charge on any atom is -0.399 e. The summed E-state index contributed by atoms with van der Waals surface area (Å²) in [5.74, 6) is 1.99. The lowest BCUT2D eigenvalue weighted by molar-refractivity contribution is 0.00409. The van der Waals surface area contributed by atoms with E-state index in [-0.39, 0.29) is 10.8 Å². The molecule has 0 heterocycles. The summed E-state index contributed by atoms with van der Waals surface area (Å²) in [6.45, 7) is 2.42. The van der Waals surface area contributed by atoms with E-state index < -0.39 is 0 Å². The van der Waals surface area contributed by atoms with E-state index in [1.165, 1.54) is 37.0 Å². The fraction of sp³-hybridized carbons (Fsp3) is 0.773. The summed E-state index contributed by atoms with van der Waals surface area (Å²) in [6.07, 6.45) is 13.4. The number of allylic oxidation sites excluding steroid dienone is 2. The van der Waals surface area contributed by atoms with Gasteiger partial charge < -0.3 is 14.5 Å². The van der Waals surface area contributed by atoms with Crippen LogP contribution in [0.3, 0.4) is 0 Å². The molecule has 4 rings (SSSR count). The Morgan fingerprint density at radius 2 is 1.75 bits per heavy atom. The molecule has 0 radical (unpaired) electrons. The fourth-order valence-electron chi connectivity index (χ4n) is 6.91. The number of oxime groups is 3. The smallest absolute Gasteiger partial charge is 0.106 e. The minimum absolute atomic E-state index is 0.00578. The zero-order valence-electron chi connectivity index (χ0n) is 17.6. The second kappa shape index (κ2) is 7.53. The van der Waals surface area contributed by atoms with Crippen LogP contribution in [0.1, 0.15) is 58.3 Å². The summed E-state index contributed by atoms with van der Waals surface area (Å²) in [7, 11) is 4.93. The highest BCUT2D eigenvalue weighted by Gasteiger charge is 2.59. The standard InChI is InChI=1S/C22H33N3O3/c1-21-11-10-19-17(18(21)7-8-20(21)25-28-4)6-5-15-13-16(24-27-3)9-12-22(15,19)14-23-26-2/h13-14,17-19H,5-12H2,1-4H3/b23-14+,24-16+,25-20+/t17-,18-,19-,21-,22+/m0/s1. The molecule has 0 spiro atoms. The lowest BCUT2D eigenvalue weighted by Gasteiger charge is -2.56. The van der Waals surface area contributed by atoms with Crippen molar-refractivity contribution in [3.63, 3.8) is 0 Å². The Kier molecular flexibility index (Phi) is 5.23. The molecule has 0 aromatic carbocycles. The first kappa shape index (κ1) is 19.5. The normalized spacial score (nSPS) is 42.7. The lowest BCUT2D eigenvalue weighted by Crippen LogP contribution is -2.52. The first-order valence-electron chi connectivity index (χ1n) is 10.6. The van der Waals surface area contributed by atoms with Gasteiger partial charge >= 0.3 is 0 Å². The van der Waals surface area contributed by atoms with Crippen LogP contribution in [0.15, 0.2) is 27.1 Å². The maximum atomic E-state index is 5.19. The second-order valence-electron chi connectivity index (χ2n) is 9.02. The van der Waals surface area contributed by atoms with Crippen molar-refractivity contribution in [2.45, 2.75) is 58.3 Å². The van der Waals surface area contributed by atoms with Crippen molar-refractivity contribution < 1.29 is 14.5 Å². The molecular formula is C22H33N3O3. The van der Waals surface area contributed by atoms with Crippen LogP contribution in [0.5, 0.6) is 0 Å². The third-order valence-corrected chi connectivity index (χ3v) is 8.12. The van der Waals surface area contributed by atoms with Gasteiger partial charge in [-0.25, -0.2) is 0 Å². The van der Waals surface area contributed by atoms with Crippen molar-refractivity contribution in [1.82, 2.24) is 0 Å². The SMILES string of the molecule is CO/N=C/[C@]12CC/C(=N\OC)C=C1CC[C@@H]1[C@@H]2CC[C@]2(C)/C(=N/OC)CC[C@@H]12. The van der Waals surface area contributed by atoms with Gasteiger partial charge in [0.2, 0.25) is 0 Å². The monoisotopic (exact) mass is 387 g/mol. The van der Waals surface area contributed by atoms with Gasteiger partial charge in [-0.2, -0.15) is 0 Å². The Morgan fingerprint density at radius 1 is 0.929 bits per heavy atom. The van der Waals surface area contributed by atoms with Gasteiger partial charge in [0.25, 0.3) is 0 Å². The lowest BCUT2D eigenvalue weighted by atomic mass is 9.47. The molecule has 5 atom stereocenters. The molecule has 0 unspecified atom stereocenters. The average molecular weight is 388 g/mol. The topological polar surface area (TPSA) is 64.8 Å². The molecule has 0 N–H and O–H groups in total. The van der Waals surface area contributed by atoms with E-state index in [9.17, 15) is 0 Å². The number of rotatable bonds is 4. The highest BCUT2D eigenvalue weighted by atomic mass is 16.6. The first-order chi connectivity index (χ1) is 13.6. The molecule has 0 saturated heterocycles. The molecule has 0 aliphatic heterocycles. The van der Waals surface area contributed by atoms with Crippen LogP contribution in [-0.2, 0) is 14.5 Å². The van der Waals surface area contributed by atoms with Crippen molar-refractivity contribution in [3.8, 4) is 0 Å². The van der Waals surface area contributed by atoms with Crippen LogP contribution in [0.4, 0.5) is 0 Å². The van der Waals surface area contributed by atoms with Gasteiger partial charge in [0.05, 0.1) is 17.6 Å². The van der Waals surface area contributed by atoms with E-state index in [1.54, 1.807) is 21.3 Å². The van der Waals surface area contributed by atoms with Gasteiger partial charge in [0, 0.05) is 10.8 Å². The minimum atomic E-state index is -0.00578. The third kappa shape index (κ3) is 2.87. The van der Waals surface area contributed by atoms with Crippen LogP contribution in [0.2, 0.25) is 0 Å². The summed E-state index contributed by atoms with van der Waals surface area (Å²) in [5.41, 5.74) is 3.97. The average Bonchev–Trinajstić information content (AvgIpc) is 3.03.